The molecule has 0 atom stereocenters. The van der Waals surface area contributed by atoms with Crippen molar-refractivity contribution in [2.45, 2.75) is 24.7 Å². The molecular formula is C4H10ClGa. The fraction of sp³-hybridized carbons (Fsp3) is 1.00. The fourth-order valence-electron chi connectivity index (χ4n) is 0.204. The van der Waals surface area contributed by atoms with Gasteiger partial charge in [-0.25, -0.2) is 0 Å². The Hall–Kier alpha value is 0.926. The molecule has 0 heterocycles. The molecule has 0 amide bonds. The Kier molecular flexibility index (Phi) is 15.6. The summed E-state index contributed by atoms with van der Waals surface area (Å²) >= 11 is 1.85. The molecule has 0 rings (SSSR count). The Morgan fingerprint density at radius 1 is 1.50 bits per heavy atom. The van der Waals surface area contributed by atoms with Crippen LogP contribution in [0.15, 0.2) is 0 Å². The molecule has 0 fully saturated rings. The van der Waals surface area contributed by atoms with Gasteiger partial charge in [0.2, 0.25) is 0 Å². The minimum atomic E-state index is 0. The van der Waals surface area contributed by atoms with Gasteiger partial charge in [-0.05, 0) is 0 Å². The molecule has 6 heavy (non-hydrogen) atoms. The molecule has 0 saturated heterocycles. The molecule has 0 aromatic heterocycles. The first kappa shape index (κ1) is 10.0. The second-order valence-electron chi connectivity index (χ2n) is 1.14. The molecule has 36 valence electrons. The molecule has 0 aromatic rings. The van der Waals surface area contributed by atoms with Gasteiger partial charge in [0.1, 0.15) is 0 Å². The molecule has 0 saturated carbocycles. The Bertz CT molecular complexity index is 15.0. The summed E-state index contributed by atoms with van der Waals surface area (Å²) in [6.07, 6.45) is 2.78. The maximum Gasteiger partial charge on any atom is -0.147 e. The molecular weight excluding hydrogens is 153 g/mol. The van der Waals surface area contributed by atoms with Crippen molar-refractivity contribution in [2.24, 2.45) is 0 Å². The predicted octanol–water partition coefficient (Wildman–Crippen LogP) is 1.80. The number of halogens is 1. The van der Waals surface area contributed by atoms with Gasteiger partial charge in [0.05, 0.1) is 0 Å². The van der Waals surface area contributed by atoms with Gasteiger partial charge in [-0.3, -0.25) is 0 Å². The average Bonchev–Trinajstić information content (AvgIpc) is 1.41. The molecule has 2 heteroatoms. The summed E-state index contributed by atoms with van der Waals surface area (Å²) in [5, 5.41) is 0. The van der Waals surface area contributed by atoms with Gasteiger partial charge >= 0.3 is 43.3 Å². The zero-order valence-corrected chi connectivity index (χ0v) is 7.35. The number of hydrogen-bond acceptors (Lipinski definition) is 0. The molecule has 0 aliphatic carbocycles. The molecule has 0 spiro atoms. The minimum absolute atomic E-state index is 0. The van der Waals surface area contributed by atoms with Gasteiger partial charge < -0.3 is 0 Å². The molecule has 0 N–H and O–H groups in total. The van der Waals surface area contributed by atoms with Gasteiger partial charge in [0.25, 0.3) is 0 Å². The zero-order chi connectivity index (χ0) is 4.12. The normalized spacial score (nSPS) is 6.83. The Balaban J connectivity index is 0. The summed E-state index contributed by atoms with van der Waals surface area (Å²) in [5.74, 6) is 0. The standard InChI is InChI=1S/C4H9.ClH.Ga/c1-3-4-2;;/h1,3-4H2,2H3;1H;. The topological polar surface area (TPSA) is 0 Å². The molecule has 0 aliphatic rings. The summed E-state index contributed by atoms with van der Waals surface area (Å²) in [4.78, 5) is 1.41. The Morgan fingerprint density at radius 3 is 2.00 bits per heavy atom. The van der Waals surface area contributed by atoms with Crippen LogP contribution in [0.2, 0.25) is 4.98 Å². The van der Waals surface area contributed by atoms with E-state index in [9.17, 15) is 0 Å². The van der Waals surface area contributed by atoms with E-state index >= 15 is 0 Å². The van der Waals surface area contributed by atoms with Gasteiger partial charge in [0.15, 0.2) is 0 Å². The summed E-state index contributed by atoms with van der Waals surface area (Å²) in [7, 11) is 0. The van der Waals surface area contributed by atoms with Crippen LogP contribution < -0.4 is 0 Å². The summed E-state index contributed by atoms with van der Waals surface area (Å²) in [6.45, 7) is 2.22. The second-order valence-corrected chi connectivity index (χ2v) is 2.35. The molecule has 0 unspecified atom stereocenters. The van der Waals surface area contributed by atoms with Crippen molar-refractivity contribution >= 4 is 31.0 Å². The third kappa shape index (κ3) is 8.87. The van der Waals surface area contributed by atoms with E-state index in [1.807, 2.05) is 18.6 Å². The predicted molar refractivity (Wildman–Crippen MR) is 32.7 cm³/mol. The molecule has 2 radical (unpaired) electrons. The zero-order valence-electron chi connectivity index (χ0n) is 4.11. The van der Waals surface area contributed by atoms with E-state index in [1.54, 1.807) is 0 Å². The first-order valence-electron chi connectivity index (χ1n) is 2.12. The van der Waals surface area contributed by atoms with Crippen molar-refractivity contribution in [1.29, 1.82) is 0 Å². The van der Waals surface area contributed by atoms with Crippen LogP contribution in [0, 0.1) is 0 Å². The van der Waals surface area contributed by atoms with Crippen LogP contribution in [0.3, 0.4) is 0 Å². The quantitative estimate of drug-likeness (QED) is 0.545. The maximum atomic E-state index is 2.22. The van der Waals surface area contributed by atoms with Crippen molar-refractivity contribution in [1.82, 2.24) is 0 Å². The van der Waals surface area contributed by atoms with Crippen LogP contribution in [-0.4, -0.2) is 18.6 Å². The number of rotatable bonds is 2. The van der Waals surface area contributed by atoms with Crippen molar-refractivity contribution in [3.05, 3.63) is 0 Å². The van der Waals surface area contributed by atoms with Crippen LogP contribution in [0.5, 0.6) is 0 Å². The van der Waals surface area contributed by atoms with E-state index in [0.717, 1.165) is 0 Å². The van der Waals surface area contributed by atoms with Crippen molar-refractivity contribution < 1.29 is 0 Å². The van der Waals surface area contributed by atoms with Crippen LogP contribution in [0.4, 0.5) is 0 Å². The van der Waals surface area contributed by atoms with Crippen molar-refractivity contribution in [2.75, 3.05) is 0 Å². The van der Waals surface area contributed by atoms with E-state index in [0.29, 0.717) is 0 Å². The van der Waals surface area contributed by atoms with E-state index < -0.39 is 0 Å². The Labute approximate surface area is 56.0 Å². The Morgan fingerprint density at radius 2 is 2.00 bits per heavy atom. The van der Waals surface area contributed by atoms with E-state index in [4.69, 9.17) is 0 Å². The summed E-state index contributed by atoms with van der Waals surface area (Å²) in [5.41, 5.74) is 0. The van der Waals surface area contributed by atoms with Gasteiger partial charge in [-0.2, -0.15) is 0 Å². The summed E-state index contributed by atoms with van der Waals surface area (Å²) in [6, 6.07) is 0. The van der Waals surface area contributed by atoms with Gasteiger partial charge in [-0.15, -0.1) is 12.4 Å². The SMILES string of the molecule is CCC[CH2][Ga].Cl. The first-order chi connectivity index (χ1) is 2.41. The van der Waals surface area contributed by atoms with Crippen LogP contribution in [0.25, 0.3) is 0 Å². The smallest absolute Gasteiger partial charge is 0.147 e. The third-order valence-corrected chi connectivity index (χ3v) is 1.41. The van der Waals surface area contributed by atoms with Crippen molar-refractivity contribution in [3.63, 3.8) is 0 Å². The van der Waals surface area contributed by atoms with Gasteiger partial charge in [-0.1, -0.05) is 0 Å². The first-order valence-corrected chi connectivity index (χ1v) is 3.83. The summed E-state index contributed by atoms with van der Waals surface area (Å²) < 4.78 is 0. The fourth-order valence-corrected chi connectivity index (χ4v) is 1.06. The largest absolute Gasteiger partial charge is 0.147 e. The number of unbranched alkanes of at least 4 members (excludes halogenated alkanes) is 1. The second kappa shape index (κ2) is 9.33. The van der Waals surface area contributed by atoms with Crippen LogP contribution >= 0.6 is 12.4 Å². The van der Waals surface area contributed by atoms with Gasteiger partial charge in [0, 0.05) is 0 Å². The van der Waals surface area contributed by atoms with E-state index in [1.165, 1.54) is 17.8 Å². The monoisotopic (exact) mass is 162 g/mol. The minimum Gasteiger partial charge on any atom is -0.147 e. The maximum absolute atomic E-state index is 2.22. The van der Waals surface area contributed by atoms with Crippen LogP contribution in [0.1, 0.15) is 19.8 Å². The number of hydrogen-bond donors (Lipinski definition) is 0. The molecule has 0 aliphatic heterocycles. The third-order valence-electron chi connectivity index (χ3n) is 0.558. The molecule has 0 nitrogen and oxygen atoms in total. The molecule has 0 bridgehead atoms. The molecule has 0 aromatic carbocycles. The van der Waals surface area contributed by atoms with E-state index in [2.05, 4.69) is 6.92 Å². The van der Waals surface area contributed by atoms with E-state index in [-0.39, 0.29) is 12.4 Å². The van der Waals surface area contributed by atoms with Crippen molar-refractivity contribution in [3.8, 4) is 0 Å². The van der Waals surface area contributed by atoms with Crippen LogP contribution in [-0.2, 0) is 0 Å². The average molecular weight is 163 g/mol.